The normalized spacial score (nSPS) is 12.1. The monoisotopic (exact) mass is 313 g/mol. The fourth-order valence-electron chi connectivity index (χ4n) is 1.73. The molecule has 0 aliphatic carbocycles. The van der Waals surface area contributed by atoms with Crippen LogP contribution < -0.4 is 5.73 Å². The predicted molar refractivity (Wildman–Crippen MR) is 77.7 cm³/mol. The van der Waals surface area contributed by atoms with Gasteiger partial charge in [-0.25, -0.2) is 0 Å². The number of halogens is 1. The Morgan fingerprint density at radius 3 is 2.78 bits per heavy atom. The number of amidine groups is 1. The van der Waals surface area contributed by atoms with Gasteiger partial charge >= 0.3 is 0 Å². The van der Waals surface area contributed by atoms with E-state index < -0.39 is 0 Å². The zero-order valence-electron chi connectivity index (χ0n) is 10.6. The minimum absolute atomic E-state index is 0.309. The van der Waals surface area contributed by atoms with E-state index in [9.17, 15) is 0 Å². The van der Waals surface area contributed by atoms with Crippen molar-refractivity contribution in [3.05, 3.63) is 34.3 Å². The first-order chi connectivity index (χ1) is 8.63. The van der Waals surface area contributed by atoms with Crippen LogP contribution in [0.1, 0.15) is 24.8 Å². The third-order valence-electron chi connectivity index (χ3n) is 2.75. The molecule has 3 N–H and O–H groups in total. The molecule has 0 saturated carbocycles. The maximum absolute atomic E-state index is 8.42. The molecule has 0 spiro atoms. The number of hydrogen-bond acceptors (Lipinski definition) is 3. The standard InChI is InChI=1S/C13H20BrN3O/c1-17(9-5-4-8-13(15)16-18)10-11-6-2-3-7-12(11)14/h2-3,6-7,18H,4-5,8-10H2,1H3,(H2,15,16). The number of oxime groups is 1. The second-order valence-electron chi connectivity index (χ2n) is 4.38. The van der Waals surface area contributed by atoms with Gasteiger partial charge < -0.3 is 15.8 Å². The van der Waals surface area contributed by atoms with E-state index in [2.05, 4.69) is 45.2 Å². The minimum atomic E-state index is 0.309. The zero-order valence-corrected chi connectivity index (χ0v) is 12.2. The summed E-state index contributed by atoms with van der Waals surface area (Å²) in [5, 5.41) is 11.4. The Morgan fingerprint density at radius 2 is 2.11 bits per heavy atom. The van der Waals surface area contributed by atoms with E-state index in [0.29, 0.717) is 12.3 Å². The molecule has 5 heteroatoms. The van der Waals surface area contributed by atoms with Gasteiger partial charge in [0, 0.05) is 17.4 Å². The molecule has 0 saturated heterocycles. The summed E-state index contributed by atoms with van der Waals surface area (Å²) in [6, 6.07) is 8.25. The van der Waals surface area contributed by atoms with Crippen molar-refractivity contribution >= 4 is 21.8 Å². The summed E-state index contributed by atoms with van der Waals surface area (Å²) in [6.07, 6.45) is 2.63. The first-order valence-corrected chi connectivity index (χ1v) is 6.81. The molecule has 0 aliphatic rings. The van der Waals surface area contributed by atoms with Crippen LogP contribution in [0.15, 0.2) is 33.9 Å². The van der Waals surface area contributed by atoms with Crippen LogP contribution in [0.5, 0.6) is 0 Å². The topological polar surface area (TPSA) is 61.8 Å². The Labute approximate surface area is 117 Å². The number of nitrogens with zero attached hydrogens (tertiary/aromatic N) is 2. The summed E-state index contributed by atoms with van der Waals surface area (Å²) in [4.78, 5) is 2.27. The minimum Gasteiger partial charge on any atom is -0.409 e. The highest BCUT2D eigenvalue weighted by Gasteiger charge is 2.03. The third kappa shape index (κ3) is 5.51. The largest absolute Gasteiger partial charge is 0.409 e. The van der Waals surface area contributed by atoms with Crippen LogP contribution in [0.25, 0.3) is 0 Å². The van der Waals surface area contributed by atoms with Gasteiger partial charge in [0.25, 0.3) is 0 Å². The molecule has 1 aromatic rings. The highest BCUT2D eigenvalue weighted by Crippen LogP contribution is 2.17. The number of benzene rings is 1. The van der Waals surface area contributed by atoms with Crippen LogP contribution in [0.4, 0.5) is 0 Å². The van der Waals surface area contributed by atoms with E-state index >= 15 is 0 Å². The molecular weight excluding hydrogens is 294 g/mol. The highest BCUT2D eigenvalue weighted by atomic mass is 79.9. The van der Waals surface area contributed by atoms with Crippen molar-refractivity contribution in [3.63, 3.8) is 0 Å². The zero-order chi connectivity index (χ0) is 13.4. The van der Waals surface area contributed by atoms with E-state index in [1.54, 1.807) is 0 Å². The lowest BCUT2D eigenvalue weighted by Gasteiger charge is -2.17. The quantitative estimate of drug-likeness (QED) is 0.267. The summed E-state index contributed by atoms with van der Waals surface area (Å²) in [7, 11) is 2.10. The van der Waals surface area contributed by atoms with Gasteiger partial charge in [-0.05, 0) is 38.1 Å². The average Bonchev–Trinajstić information content (AvgIpc) is 2.37. The van der Waals surface area contributed by atoms with Gasteiger partial charge in [-0.15, -0.1) is 0 Å². The molecule has 0 heterocycles. The maximum atomic E-state index is 8.42. The smallest absolute Gasteiger partial charge is 0.139 e. The fraction of sp³-hybridized carbons (Fsp3) is 0.462. The molecule has 18 heavy (non-hydrogen) atoms. The number of rotatable bonds is 7. The van der Waals surface area contributed by atoms with Crippen LogP contribution in [-0.2, 0) is 6.54 Å². The molecule has 0 amide bonds. The summed E-state index contributed by atoms with van der Waals surface area (Å²) in [5.74, 6) is 0.309. The molecule has 1 aromatic carbocycles. The SMILES string of the molecule is CN(CCCCC(N)=NO)Cc1ccccc1Br. The Hall–Kier alpha value is -1.07. The van der Waals surface area contributed by atoms with Crippen molar-refractivity contribution < 1.29 is 5.21 Å². The summed E-state index contributed by atoms with van der Waals surface area (Å²) < 4.78 is 1.15. The van der Waals surface area contributed by atoms with Gasteiger partial charge in [-0.1, -0.05) is 39.3 Å². The molecule has 0 fully saturated rings. The summed E-state index contributed by atoms with van der Waals surface area (Å²) >= 11 is 3.55. The summed E-state index contributed by atoms with van der Waals surface area (Å²) in [6.45, 7) is 1.92. The molecule has 0 bridgehead atoms. The van der Waals surface area contributed by atoms with Gasteiger partial charge in [0.2, 0.25) is 0 Å². The summed E-state index contributed by atoms with van der Waals surface area (Å²) in [5.41, 5.74) is 6.70. The van der Waals surface area contributed by atoms with Gasteiger partial charge in [0.05, 0.1) is 0 Å². The van der Waals surface area contributed by atoms with Crippen LogP contribution in [0.3, 0.4) is 0 Å². The Morgan fingerprint density at radius 1 is 1.39 bits per heavy atom. The van der Waals surface area contributed by atoms with Crippen molar-refractivity contribution in [2.75, 3.05) is 13.6 Å². The van der Waals surface area contributed by atoms with Gasteiger partial charge in [-0.3, -0.25) is 0 Å². The maximum Gasteiger partial charge on any atom is 0.139 e. The lowest BCUT2D eigenvalue weighted by Crippen LogP contribution is -2.20. The lowest BCUT2D eigenvalue weighted by atomic mass is 10.2. The Balaban J connectivity index is 2.26. The first kappa shape index (κ1) is 15.0. The highest BCUT2D eigenvalue weighted by molar-refractivity contribution is 9.10. The Bertz CT molecular complexity index is 396. The number of nitrogens with two attached hydrogens (primary N) is 1. The van der Waals surface area contributed by atoms with Crippen LogP contribution in [0.2, 0.25) is 0 Å². The average molecular weight is 314 g/mol. The molecule has 0 unspecified atom stereocenters. The number of hydrogen-bond donors (Lipinski definition) is 2. The van der Waals surface area contributed by atoms with Gasteiger partial charge in [0.15, 0.2) is 0 Å². The molecule has 1 rings (SSSR count). The molecule has 0 radical (unpaired) electrons. The van der Waals surface area contributed by atoms with E-state index in [0.717, 1.165) is 30.4 Å². The molecular formula is C13H20BrN3O. The molecule has 0 aliphatic heterocycles. The van der Waals surface area contributed by atoms with Crippen LogP contribution in [0, 0.1) is 0 Å². The van der Waals surface area contributed by atoms with Gasteiger partial charge in [0.1, 0.15) is 5.84 Å². The molecule has 0 atom stereocenters. The Kier molecular flexibility index (Phi) is 6.75. The van der Waals surface area contributed by atoms with Crippen LogP contribution in [-0.4, -0.2) is 29.5 Å². The van der Waals surface area contributed by atoms with E-state index in [4.69, 9.17) is 10.9 Å². The molecule has 0 aromatic heterocycles. The van der Waals surface area contributed by atoms with E-state index in [1.165, 1.54) is 5.56 Å². The van der Waals surface area contributed by atoms with Gasteiger partial charge in [-0.2, -0.15) is 0 Å². The third-order valence-corrected chi connectivity index (χ3v) is 3.52. The van der Waals surface area contributed by atoms with Crippen LogP contribution >= 0.6 is 15.9 Å². The second kappa shape index (κ2) is 8.11. The molecule has 100 valence electrons. The van der Waals surface area contributed by atoms with Crippen molar-refractivity contribution in [1.29, 1.82) is 0 Å². The predicted octanol–water partition coefficient (Wildman–Crippen LogP) is 2.80. The van der Waals surface area contributed by atoms with Crippen molar-refractivity contribution in [1.82, 2.24) is 4.90 Å². The molecule has 4 nitrogen and oxygen atoms in total. The van der Waals surface area contributed by atoms with E-state index in [1.807, 2.05) is 12.1 Å². The second-order valence-corrected chi connectivity index (χ2v) is 5.23. The van der Waals surface area contributed by atoms with Crippen molar-refractivity contribution in [3.8, 4) is 0 Å². The number of unbranched alkanes of at least 4 members (excludes halogenated alkanes) is 1. The van der Waals surface area contributed by atoms with Crippen molar-refractivity contribution in [2.45, 2.75) is 25.8 Å². The fourth-order valence-corrected chi connectivity index (χ4v) is 2.14. The van der Waals surface area contributed by atoms with Crippen molar-refractivity contribution in [2.24, 2.45) is 10.9 Å². The van der Waals surface area contributed by atoms with E-state index in [-0.39, 0.29) is 0 Å². The lowest BCUT2D eigenvalue weighted by molar-refractivity contribution is 0.312. The first-order valence-electron chi connectivity index (χ1n) is 6.02.